The zero-order valence-electron chi connectivity index (χ0n) is 14.9. The molecular formula is C17H21N3O5S. The van der Waals surface area contributed by atoms with E-state index in [0.29, 0.717) is 17.7 Å². The van der Waals surface area contributed by atoms with Crippen LogP contribution in [0.3, 0.4) is 0 Å². The van der Waals surface area contributed by atoms with Crippen molar-refractivity contribution in [1.29, 1.82) is 0 Å². The average Bonchev–Trinajstić information content (AvgIpc) is 3.22. The molecule has 1 atom stereocenters. The fourth-order valence-electron chi connectivity index (χ4n) is 3.42. The van der Waals surface area contributed by atoms with Crippen LogP contribution in [-0.2, 0) is 21.6 Å². The van der Waals surface area contributed by atoms with Crippen LogP contribution in [0.4, 0.5) is 0 Å². The maximum absolute atomic E-state index is 12.5. The van der Waals surface area contributed by atoms with Crippen molar-refractivity contribution < 1.29 is 22.7 Å². The van der Waals surface area contributed by atoms with Gasteiger partial charge >= 0.3 is 5.97 Å². The van der Waals surface area contributed by atoms with Crippen molar-refractivity contribution in [3.63, 3.8) is 0 Å². The van der Waals surface area contributed by atoms with Crippen LogP contribution in [0.5, 0.6) is 0 Å². The van der Waals surface area contributed by atoms with Gasteiger partial charge < -0.3 is 9.30 Å². The number of carbonyl (C=O) groups excluding carboxylic acids is 2. The molecule has 0 saturated carbocycles. The topological polar surface area (TPSA) is 100 Å². The first-order chi connectivity index (χ1) is 12.2. The number of aryl methyl sites for hydroxylation is 2. The minimum absolute atomic E-state index is 0.0903. The van der Waals surface area contributed by atoms with E-state index in [9.17, 15) is 18.0 Å². The third-order valence-corrected chi connectivity index (χ3v) is 6.38. The van der Waals surface area contributed by atoms with Crippen molar-refractivity contribution in [2.24, 2.45) is 7.05 Å². The van der Waals surface area contributed by atoms with Gasteiger partial charge in [0.05, 0.1) is 23.3 Å². The average molecular weight is 379 g/mol. The summed E-state index contributed by atoms with van der Waals surface area (Å²) in [6.45, 7) is 3.26. The highest BCUT2D eigenvalue weighted by atomic mass is 32.2. The lowest BCUT2D eigenvalue weighted by Gasteiger charge is -2.16. The van der Waals surface area contributed by atoms with Gasteiger partial charge in [0.1, 0.15) is 0 Å². The lowest BCUT2D eigenvalue weighted by molar-refractivity contribution is 0.0474. The van der Waals surface area contributed by atoms with Crippen LogP contribution in [0.1, 0.15) is 44.6 Å². The fraction of sp³-hybridized carbons (Fsp3) is 0.471. The molecule has 8 nitrogen and oxygen atoms in total. The quantitative estimate of drug-likeness (QED) is 0.572. The van der Waals surface area contributed by atoms with Crippen molar-refractivity contribution in [2.45, 2.75) is 26.3 Å². The Hall–Kier alpha value is -2.42. The van der Waals surface area contributed by atoms with E-state index in [1.165, 1.54) is 17.1 Å². The van der Waals surface area contributed by atoms with Crippen LogP contribution in [-0.4, -0.2) is 52.6 Å². The molecule has 0 amide bonds. The van der Waals surface area contributed by atoms with Crippen molar-refractivity contribution in [1.82, 2.24) is 14.3 Å². The molecule has 2 aromatic rings. The highest BCUT2D eigenvalue weighted by Crippen LogP contribution is 2.29. The summed E-state index contributed by atoms with van der Waals surface area (Å²) in [6, 6.07) is 1.57. The van der Waals surface area contributed by atoms with Gasteiger partial charge in [0.2, 0.25) is 5.78 Å². The second kappa shape index (κ2) is 6.71. The molecule has 26 heavy (non-hydrogen) atoms. The Morgan fingerprint density at radius 3 is 2.65 bits per heavy atom. The molecule has 2 aromatic heterocycles. The zero-order chi connectivity index (χ0) is 19.1. The Morgan fingerprint density at radius 2 is 2.08 bits per heavy atom. The molecule has 3 rings (SSSR count). The summed E-state index contributed by atoms with van der Waals surface area (Å²) in [5.74, 6) is -0.669. The monoisotopic (exact) mass is 379 g/mol. The van der Waals surface area contributed by atoms with E-state index in [2.05, 4.69) is 5.10 Å². The molecular weight excluding hydrogens is 358 g/mol. The van der Waals surface area contributed by atoms with Gasteiger partial charge in [-0.3, -0.25) is 9.48 Å². The number of hydrogen-bond acceptors (Lipinski definition) is 6. The number of aromatic nitrogens is 3. The molecule has 0 spiro atoms. The number of carbonyl (C=O) groups is 2. The number of hydrogen-bond donors (Lipinski definition) is 0. The van der Waals surface area contributed by atoms with Gasteiger partial charge in [0.25, 0.3) is 0 Å². The summed E-state index contributed by atoms with van der Waals surface area (Å²) in [6.07, 6.45) is 3.43. The molecule has 1 aliphatic rings. The number of nitrogens with zero attached hydrogens (tertiary/aromatic N) is 3. The first kappa shape index (κ1) is 18.4. The number of ketones is 1. The van der Waals surface area contributed by atoms with E-state index < -0.39 is 15.8 Å². The van der Waals surface area contributed by atoms with Gasteiger partial charge in [0, 0.05) is 36.2 Å². The first-order valence-corrected chi connectivity index (χ1v) is 10.1. The molecule has 0 aliphatic carbocycles. The fourth-order valence-corrected chi connectivity index (χ4v) is 5.12. The van der Waals surface area contributed by atoms with Crippen LogP contribution in [0.15, 0.2) is 18.5 Å². The molecule has 140 valence electrons. The number of ether oxygens (including phenoxy) is 1. The molecule has 1 unspecified atom stereocenters. The molecule has 1 fully saturated rings. The Bertz CT molecular complexity index is 971. The summed E-state index contributed by atoms with van der Waals surface area (Å²) >= 11 is 0. The molecule has 0 N–H and O–H groups in total. The molecule has 3 heterocycles. The summed E-state index contributed by atoms with van der Waals surface area (Å²) in [5.41, 5.74) is 2.26. The Morgan fingerprint density at radius 1 is 1.35 bits per heavy atom. The normalized spacial score (nSPS) is 18.8. The number of sulfone groups is 1. The van der Waals surface area contributed by atoms with Gasteiger partial charge in [-0.2, -0.15) is 5.10 Å². The second-order valence-corrected chi connectivity index (χ2v) is 8.84. The van der Waals surface area contributed by atoms with Crippen LogP contribution in [0.25, 0.3) is 0 Å². The third-order valence-electron chi connectivity index (χ3n) is 4.63. The van der Waals surface area contributed by atoms with Crippen molar-refractivity contribution in [3.05, 3.63) is 41.0 Å². The SMILES string of the molecule is Cc1cc(C(=O)COC(=O)c2cnn(C)c2)c(C)n1C1CCS(=O)(=O)C1. The number of rotatable bonds is 5. The van der Waals surface area contributed by atoms with Crippen LogP contribution < -0.4 is 0 Å². The lowest BCUT2D eigenvalue weighted by Crippen LogP contribution is -2.16. The number of Topliss-reactive ketones (excluding diaryl/α,β-unsaturated/α-hetero) is 1. The molecule has 0 bridgehead atoms. The maximum atomic E-state index is 12.5. The summed E-state index contributed by atoms with van der Waals surface area (Å²) < 4.78 is 31.9. The highest BCUT2D eigenvalue weighted by molar-refractivity contribution is 7.91. The van der Waals surface area contributed by atoms with E-state index in [1.54, 1.807) is 20.0 Å². The smallest absolute Gasteiger partial charge is 0.341 e. The molecule has 1 aliphatic heterocycles. The van der Waals surface area contributed by atoms with Gasteiger partial charge in [-0.25, -0.2) is 13.2 Å². The van der Waals surface area contributed by atoms with Gasteiger partial charge in [-0.05, 0) is 26.3 Å². The minimum Gasteiger partial charge on any atom is -0.454 e. The minimum atomic E-state index is -3.02. The highest BCUT2D eigenvalue weighted by Gasteiger charge is 2.31. The van der Waals surface area contributed by atoms with Crippen molar-refractivity contribution >= 4 is 21.6 Å². The number of esters is 1. The van der Waals surface area contributed by atoms with E-state index in [-0.39, 0.29) is 35.5 Å². The Kier molecular flexibility index (Phi) is 4.74. The lowest BCUT2D eigenvalue weighted by atomic mass is 10.1. The summed E-state index contributed by atoms with van der Waals surface area (Å²) in [5, 5.41) is 3.89. The van der Waals surface area contributed by atoms with Crippen molar-refractivity contribution in [2.75, 3.05) is 18.1 Å². The Balaban J connectivity index is 1.72. The predicted octanol–water partition coefficient (Wildman–Crippen LogP) is 1.24. The standard InChI is InChI=1S/C17H21N3O5S/c1-11-6-15(12(2)20(11)14-4-5-26(23,24)10-14)16(21)9-25-17(22)13-7-18-19(3)8-13/h6-8,14H,4-5,9-10H2,1-3H3. The van der Waals surface area contributed by atoms with E-state index in [0.717, 1.165) is 5.69 Å². The predicted molar refractivity (Wildman–Crippen MR) is 94.0 cm³/mol. The third kappa shape index (κ3) is 3.57. The van der Waals surface area contributed by atoms with Crippen molar-refractivity contribution in [3.8, 4) is 0 Å². The van der Waals surface area contributed by atoms with Crippen LogP contribution in [0.2, 0.25) is 0 Å². The second-order valence-electron chi connectivity index (χ2n) is 6.61. The zero-order valence-corrected chi connectivity index (χ0v) is 15.7. The molecule has 1 saturated heterocycles. The largest absolute Gasteiger partial charge is 0.454 e. The van der Waals surface area contributed by atoms with E-state index in [4.69, 9.17) is 4.74 Å². The van der Waals surface area contributed by atoms with Gasteiger partial charge in [0.15, 0.2) is 16.4 Å². The Labute approximate surface area is 151 Å². The molecule has 0 radical (unpaired) electrons. The van der Waals surface area contributed by atoms with E-state index >= 15 is 0 Å². The van der Waals surface area contributed by atoms with E-state index in [1.807, 2.05) is 11.5 Å². The first-order valence-electron chi connectivity index (χ1n) is 8.26. The van der Waals surface area contributed by atoms with Crippen LogP contribution in [0, 0.1) is 13.8 Å². The van der Waals surface area contributed by atoms with Crippen LogP contribution >= 0.6 is 0 Å². The summed E-state index contributed by atoms with van der Waals surface area (Å²) in [4.78, 5) is 24.4. The molecule has 0 aromatic carbocycles. The summed E-state index contributed by atoms with van der Waals surface area (Å²) in [7, 11) is -1.34. The molecule has 9 heteroatoms. The van der Waals surface area contributed by atoms with Gasteiger partial charge in [-0.1, -0.05) is 0 Å². The maximum Gasteiger partial charge on any atom is 0.341 e. The van der Waals surface area contributed by atoms with Gasteiger partial charge in [-0.15, -0.1) is 0 Å².